The summed E-state index contributed by atoms with van der Waals surface area (Å²) in [7, 11) is 1.67. The topological polar surface area (TPSA) is 46.5 Å². The zero-order chi connectivity index (χ0) is 14.8. The highest BCUT2D eigenvalue weighted by Crippen LogP contribution is 2.36. The number of carbonyl (C=O) groups is 1. The maximum absolute atomic E-state index is 11.2. The molecule has 0 bridgehead atoms. The molecule has 2 atom stereocenters. The van der Waals surface area contributed by atoms with Crippen LogP contribution in [-0.4, -0.2) is 18.2 Å². The number of allylic oxidation sites excluding steroid dienone is 4. The molecule has 0 aromatic heterocycles. The Labute approximate surface area is 124 Å². The molecule has 2 aliphatic rings. The molecule has 2 unspecified atom stereocenters. The van der Waals surface area contributed by atoms with Crippen molar-refractivity contribution in [3.05, 3.63) is 65.5 Å². The SMILES string of the molecule is COC1=CC2Cc3ccccc3C(CC(=O)O)=CC2C=C1. The number of carboxylic acids is 1. The van der Waals surface area contributed by atoms with E-state index in [1.165, 1.54) is 5.56 Å². The van der Waals surface area contributed by atoms with E-state index in [1.54, 1.807) is 7.11 Å². The maximum atomic E-state index is 11.2. The van der Waals surface area contributed by atoms with Gasteiger partial charge in [0.2, 0.25) is 0 Å². The summed E-state index contributed by atoms with van der Waals surface area (Å²) < 4.78 is 5.32. The van der Waals surface area contributed by atoms with Gasteiger partial charge in [0.15, 0.2) is 0 Å². The summed E-state index contributed by atoms with van der Waals surface area (Å²) in [5, 5.41) is 9.17. The fourth-order valence-electron chi connectivity index (χ4n) is 3.14. The molecule has 21 heavy (non-hydrogen) atoms. The van der Waals surface area contributed by atoms with Crippen LogP contribution in [-0.2, 0) is 16.0 Å². The summed E-state index contributed by atoms with van der Waals surface area (Å²) in [5.74, 6) is 0.634. The van der Waals surface area contributed by atoms with Crippen molar-refractivity contribution in [2.75, 3.05) is 7.11 Å². The number of rotatable bonds is 3. The Hall–Kier alpha value is -2.29. The first-order valence-corrected chi connectivity index (χ1v) is 7.12. The first-order valence-electron chi connectivity index (χ1n) is 7.12. The minimum absolute atomic E-state index is 0.0644. The molecule has 3 rings (SSSR count). The normalized spacial score (nSPS) is 23.3. The number of aliphatic carboxylic acids is 1. The summed E-state index contributed by atoms with van der Waals surface area (Å²) in [6.45, 7) is 0. The Morgan fingerprint density at radius 3 is 2.90 bits per heavy atom. The van der Waals surface area contributed by atoms with Gasteiger partial charge in [0.25, 0.3) is 0 Å². The van der Waals surface area contributed by atoms with Crippen LogP contribution in [0.25, 0.3) is 5.57 Å². The first-order chi connectivity index (χ1) is 10.2. The van der Waals surface area contributed by atoms with Gasteiger partial charge in [-0.1, -0.05) is 36.4 Å². The van der Waals surface area contributed by atoms with Gasteiger partial charge in [-0.2, -0.15) is 0 Å². The Bertz CT molecular complexity index is 652. The zero-order valence-electron chi connectivity index (χ0n) is 12.0. The van der Waals surface area contributed by atoms with Crippen LogP contribution in [0.3, 0.4) is 0 Å². The maximum Gasteiger partial charge on any atom is 0.307 e. The average molecular weight is 282 g/mol. The van der Waals surface area contributed by atoms with E-state index in [0.29, 0.717) is 5.92 Å². The monoisotopic (exact) mass is 282 g/mol. The largest absolute Gasteiger partial charge is 0.497 e. The van der Waals surface area contributed by atoms with E-state index in [4.69, 9.17) is 9.84 Å². The Balaban J connectivity index is 2.05. The van der Waals surface area contributed by atoms with Crippen molar-refractivity contribution in [3.63, 3.8) is 0 Å². The lowest BCUT2D eigenvalue weighted by Gasteiger charge is -2.22. The molecule has 0 saturated carbocycles. The second-order valence-electron chi connectivity index (χ2n) is 5.50. The van der Waals surface area contributed by atoms with Gasteiger partial charge < -0.3 is 9.84 Å². The Morgan fingerprint density at radius 1 is 1.33 bits per heavy atom. The molecule has 3 nitrogen and oxygen atoms in total. The van der Waals surface area contributed by atoms with Crippen LogP contribution in [0.15, 0.2) is 54.3 Å². The highest BCUT2D eigenvalue weighted by molar-refractivity contribution is 5.85. The number of fused-ring (bicyclic) bond motifs is 2. The number of ether oxygens (including phenoxy) is 1. The molecule has 0 radical (unpaired) electrons. The van der Waals surface area contributed by atoms with Gasteiger partial charge in [0.1, 0.15) is 5.76 Å². The molecule has 0 spiro atoms. The van der Waals surface area contributed by atoms with Crippen molar-refractivity contribution >= 4 is 11.5 Å². The zero-order valence-corrected chi connectivity index (χ0v) is 12.0. The standard InChI is InChI=1S/C18H18O3/c1-21-16-7-6-12-8-15(11-18(19)20)17-5-3-2-4-13(17)9-14(12)10-16/h2-8,10,12,14H,9,11H2,1H3,(H,19,20). The Kier molecular flexibility index (Phi) is 3.65. The fraction of sp³-hybridized carbons (Fsp3) is 0.278. The average Bonchev–Trinajstić information content (AvgIpc) is 2.62. The summed E-state index contributed by atoms with van der Waals surface area (Å²) in [6, 6.07) is 8.09. The third-order valence-electron chi connectivity index (χ3n) is 4.15. The predicted octanol–water partition coefficient (Wildman–Crippen LogP) is 3.43. The molecule has 1 N–H and O–H groups in total. The minimum Gasteiger partial charge on any atom is -0.497 e. The molecule has 0 amide bonds. The molecule has 0 heterocycles. The van der Waals surface area contributed by atoms with Gasteiger partial charge in [0.05, 0.1) is 13.5 Å². The number of benzene rings is 1. The lowest BCUT2D eigenvalue weighted by atomic mass is 9.84. The number of hydrogen-bond donors (Lipinski definition) is 1. The number of methoxy groups -OCH3 is 1. The molecule has 3 heteroatoms. The molecular formula is C18H18O3. The Morgan fingerprint density at radius 2 is 2.14 bits per heavy atom. The molecule has 0 aliphatic heterocycles. The van der Waals surface area contributed by atoms with Crippen molar-refractivity contribution < 1.29 is 14.6 Å². The molecule has 0 fully saturated rings. The number of carboxylic acid groups (broad SMARTS) is 1. The lowest BCUT2D eigenvalue weighted by molar-refractivity contribution is -0.135. The van der Waals surface area contributed by atoms with Crippen LogP contribution >= 0.6 is 0 Å². The molecular weight excluding hydrogens is 264 g/mol. The minimum atomic E-state index is -0.789. The van der Waals surface area contributed by atoms with E-state index in [9.17, 15) is 4.79 Å². The third kappa shape index (κ3) is 2.77. The summed E-state index contributed by atoms with van der Waals surface area (Å²) in [4.78, 5) is 11.2. The smallest absolute Gasteiger partial charge is 0.307 e. The van der Waals surface area contributed by atoms with E-state index in [-0.39, 0.29) is 12.3 Å². The fourth-order valence-corrected chi connectivity index (χ4v) is 3.14. The lowest BCUT2D eigenvalue weighted by Crippen LogP contribution is -2.14. The molecule has 1 aromatic carbocycles. The number of hydrogen-bond acceptors (Lipinski definition) is 2. The summed E-state index contributed by atoms with van der Waals surface area (Å²) >= 11 is 0. The second kappa shape index (κ2) is 5.60. The van der Waals surface area contributed by atoms with Crippen LogP contribution < -0.4 is 0 Å². The van der Waals surface area contributed by atoms with Crippen molar-refractivity contribution in [2.45, 2.75) is 12.8 Å². The van der Waals surface area contributed by atoms with E-state index in [1.807, 2.05) is 24.3 Å². The van der Waals surface area contributed by atoms with Crippen LogP contribution in [0.1, 0.15) is 17.5 Å². The van der Waals surface area contributed by atoms with Crippen molar-refractivity contribution in [3.8, 4) is 0 Å². The second-order valence-corrected chi connectivity index (χ2v) is 5.50. The summed E-state index contributed by atoms with van der Waals surface area (Å²) in [5.41, 5.74) is 3.18. The van der Waals surface area contributed by atoms with E-state index < -0.39 is 5.97 Å². The molecule has 1 aromatic rings. The van der Waals surface area contributed by atoms with Crippen LogP contribution in [0.4, 0.5) is 0 Å². The van der Waals surface area contributed by atoms with Gasteiger partial charge in [-0.05, 0) is 41.2 Å². The van der Waals surface area contributed by atoms with Gasteiger partial charge >= 0.3 is 5.97 Å². The third-order valence-corrected chi connectivity index (χ3v) is 4.15. The summed E-state index contributed by atoms with van der Waals surface area (Å²) in [6.07, 6.45) is 9.28. The van der Waals surface area contributed by atoms with Crippen molar-refractivity contribution in [1.82, 2.24) is 0 Å². The van der Waals surface area contributed by atoms with E-state index in [2.05, 4.69) is 24.3 Å². The molecule has 108 valence electrons. The predicted molar refractivity (Wildman–Crippen MR) is 81.6 cm³/mol. The van der Waals surface area contributed by atoms with Crippen LogP contribution in [0.2, 0.25) is 0 Å². The van der Waals surface area contributed by atoms with Gasteiger partial charge in [0, 0.05) is 5.92 Å². The highest BCUT2D eigenvalue weighted by Gasteiger charge is 2.26. The van der Waals surface area contributed by atoms with Crippen molar-refractivity contribution in [1.29, 1.82) is 0 Å². The van der Waals surface area contributed by atoms with Gasteiger partial charge in [-0.3, -0.25) is 4.79 Å². The molecule has 0 saturated heterocycles. The quantitative estimate of drug-likeness (QED) is 0.923. The van der Waals surface area contributed by atoms with Crippen LogP contribution in [0, 0.1) is 11.8 Å². The highest BCUT2D eigenvalue weighted by atomic mass is 16.5. The van der Waals surface area contributed by atoms with Crippen molar-refractivity contribution in [2.24, 2.45) is 11.8 Å². The van der Waals surface area contributed by atoms with E-state index >= 15 is 0 Å². The van der Waals surface area contributed by atoms with Gasteiger partial charge in [-0.25, -0.2) is 0 Å². The van der Waals surface area contributed by atoms with E-state index in [0.717, 1.165) is 23.3 Å². The van der Waals surface area contributed by atoms with Crippen LogP contribution in [0.5, 0.6) is 0 Å². The first kappa shape index (κ1) is 13.7. The van der Waals surface area contributed by atoms with Gasteiger partial charge in [-0.15, -0.1) is 0 Å². The molecule has 2 aliphatic carbocycles.